The highest BCUT2D eigenvalue weighted by Crippen LogP contribution is 2.35. The Labute approximate surface area is 200 Å². The van der Waals surface area contributed by atoms with Gasteiger partial charge in [0.2, 0.25) is 0 Å². The minimum atomic E-state index is -4.16. The molecule has 0 spiro atoms. The highest BCUT2D eigenvalue weighted by Gasteiger charge is 2.21. The molecule has 4 rings (SSSR count). The lowest BCUT2D eigenvalue weighted by Crippen LogP contribution is -2.39. The molecule has 0 atom stereocenters. The van der Waals surface area contributed by atoms with Crippen LogP contribution >= 0.6 is 0 Å². The SMILES string of the molecule is COc1ccc(Oc2cc3c(cc2NS(=O)(=O)c2ccc(F)c(C)c2)n(C)c(=O)c(=O)n3C)cc1. The van der Waals surface area contributed by atoms with Crippen LogP contribution in [0.15, 0.2) is 69.1 Å². The summed E-state index contributed by atoms with van der Waals surface area (Å²) in [6.45, 7) is 1.46. The van der Waals surface area contributed by atoms with Gasteiger partial charge in [0.05, 0.1) is 28.7 Å². The fourth-order valence-corrected chi connectivity index (χ4v) is 4.67. The summed E-state index contributed by atoms with van der Waals surface area (Å²) in [7, 11) is 0.215. The van der Waals surface area contributed by atoms with E-state index in [1.54, 1.807) is 24.3 Å². The van der Waals surface area contributed by atoms with Gasteiger partial charge >= 0.3 is 11.1 Å². The number of halogens is 1. The van der Waals surface area contributed by atoms with E-state index >= 15 is 0 Å². The molecule has 1 heterocycles. The number of hydrogen-bond acceptors (Lipinski definition) is 6. The lowest BCUT2D eigenvalue weighted by atomic mass is 10.2. The quantitative estimate of drug-likeness (QED) is 0.408. The summed E-state index contributed by atoms with van der Waals surface area (Å²) in [4.78, 5) is 24.5. The summed E-state index contributed by atoms with van der Waals surface area (Å²) in [5, 5.41) is 0. The van der Waals surface area contributed by atoms with Crippen LogP contribution in [0.5, 0.6) is 17.2 Å². The van der Waals surface area contributed by atoms with Gasteiger partial charge in [0.25, 0.3) is 10.0 Å². The smallest absolute Gasteiger partial charge is 0.316 e. The van der Waals surface area contributed by atoms with Crippen molar-refractivity contribution in [2.45, 2.75) is 11.8 Å². The molecule has 1 aromatic heterocycles. The molecule has 11 heteroatoms. The molecule has 0 bridgehead atoms. The number of benzene rings is 3. The van der Waals surface area contributed by atoms with Crippen LogP contribution in [-0.2, 0) is 24.1 Å². The number of rotatable bonds is 6. The second-order valence-corrected chi connectivity index (χ2v) is 9.54. The molecule has 4 aromatic rings. The Morgan fingerprint density at radius 1 is 0.857 bits per heavy atom. The van der Waals surface area contributed by atoms with Crippen LogP contribution in [0.2, 0.25) is 0 Å². The van der Waals surface area contributed by atoms with E-state index in [1.807, 2.05) is 0 Å². The van der Waals surface area contributed by atoms with Crippen molar-refractivity contribution in [3.63, 3.8) is 0 Å². The number of methoxy groups -OCH3 is 1. The predicted octanol–water partition coefficient (Wildman–Crippen LogP) is 3.29. The number of aryl methyl sites for hydroxylation is 3. The average molecular weight is 500 g/mol. The van der Waals surface area contributed by atoms with Crippen LogP contribution in [0.25, 0.3) is 11.0 Å². The second-order valence-electron chi connectivity index (χ2n) is 7.86. The van der Waals surface area contributed by atoms with Gasteiger partial charge in [-0.3, -0.25) is 14.3 Å². The monoisotopic (exact) mass is 499 g/mol. The van der Waals surface area contributed by atoms with Crippen LogP contribution in [0.1, 0.15) is 5.56 Å². The molecule has 182 valence electrons. The van der Waals surface area contributed by atoms with E-state index in [9.17, 15) is 22.4 Å². The number of ether oxygens (including phenoxy) is 2. The summed E-state index contributed by atoms with van der Waals surface area (Å²) in [5.74, 6) is 0.520. The summed E-state index contributed by atoms with van der Waals surface area (Å²) in [6, 6.07) is 12.9. The van der Waals surface area contributed by atoms with Gasteiger partial charge in [-0.25, -0.2) is 12.8 Å². The van der Waals surface area contributed by atoms with Crippen molar-refractivity contribution in [2.75, 3.05) is 11.8 Å². The molecule has 0 aliphatic heterocycles. The van der Waals surface area contributed by atoms with Gasteiger partial charge in [-0.15, -0.1) is 0 Å². The first kappa shape index (κ1) is 24.0. The second kappa shape index (κ2) is 8.91. The maximum atomic E-state index is 13.7. The number of anilines is 1. The van der Waals surface area contributed by atoms with Gasteiger partial charge in [0, 0.05) is 20.2 Å². The normalized spacial score (nSPS) is 11.5. The molecule has 1 N–H and O–H groups in total. The van der Waals surface area contributed by atoms with Gasteiger partial charge in [0.15, 0.2) is 5.75 Å². The van der Waals surface area contributed by atoms with Crippen LogP contribution < -0.4 is 25.3 Å². The molecule has 0 radical (unpaired) electrons. The molecule has 0 aliphatic rings. The summed E-state index contributed by atoms with van der Waals surface area (Å²) in [6.07, 6.45) is 0. The Morgan fingerprint density at radius 3 is 2.00 bits per heavy atom. The molecule has 35 heavy (non-hydrogen) atoms. The van der Waals surface area contributed by atoms with Gasteiger partial charge in [-0.1, -0.05) is 0 Å². The number of hydrogen-bond donors (Lipinski definition) is 1. The van der Waals surface area contributed by atoms with E-state index in [0.29, 0.717) is 22.5 Å². The lowest BCUT2D eigenvalue weighted by molar-refractivity contribution is 0.413. The van der Waals surface area contributed by atoms with Crippen LogP contribution in [-0.4, -0.2) is 24.7 Å². The molecule has 9 nitrogen and oxygen atoms in total. The van der Waals surface area contributed by atoms with Crippen LogP contribution in [0.4, 0.5) is 10.1 Å². The summed E-state index contributed by atoms with van der Waals surface area (Å²) in [5.41, 5.74) is -0.687. The van der Waals surface area contributed by atoms with E-state index in [2.05, 4.69) is 4.72 Å². The number of sulfonamides is 1. The highest BCUT2D eigenvalue weighted by molar-refractivity contribution is 7.92. The predicted molar refractivity (Wildman–Crippen MR) is 129 cm³/mol. The molecule has 0 fully saturated rings. The van der Waals surface area contributed by atoms with Crippen molar-refractivity contribution in [1.29, 1.82) is 0 Å². The maximum absolute atomic E-state index is 13.7. The molecule has 0 aliphatic carbocycles. The molecular formula is C24H22FN3O6S. The molecular weight excluding hydrogens is 477 g/mol. The van der Waals surface area contributed by atoms with Crippen LogP contribution in [0, 0.1) is 12.7 Å². The van der Waals surface area contributed by atoms with Gasteiger partial charge in [-0.05, 0) is 61.0 Å². The van der Waals surface area contributed by atoms with E-state index < -0.39 is 27.0 Å². The first-order valence-corrected chi connectivity index (χ1v) is 11.8. The summed E-state index contributed by atoms with van der Waals surface area (Å²) < 4.78 is 55.8. The molecule has 3 aromatic carbocycles. The maximum Gasteiger partial charge on any atom is 0.316 e. The molecule has 0 unspecified atom stereocenters. The first-order chi connectivity index (χ1) is 16.5. The van der Waals surface area contributed by atoms with Crippen molar-refractivity contribution >= 4 is 26.7 Å². The number of aromatic nitrogens is 2. The third kappa shape index (κ3) is 4.50. The van der Waals surface area contributed by atoms with Crippen molar-refractivity contribution in [3.8, 4) is 17.2 Å². The van der Waals surface area contributed by atoms with E-state index in [4.69, 9.17) is 9.47 Å². The number of nitrogens with zero attached hydrogens (tertiary/aromatic N) is 2. The van der Waals surface area contributed by atoms with Crippen LogP contribution in [0.3, 0.4) is 0 Å². The Morgan fingerprint density at radius 2 is 1.43 bits per heavy atom. The Hall–Kier alpha value is -4.12. The van der Waals surface area contributed by atoms with E-state index in [1.165, 1.54) is 50.9 Å². The molecule has 0 saturated heterocycles. The minimum absolute atomic E-state index is 0.0175. The van der Waals surface area contributed by atoms with Crippen molar-refractivity contribution < 1.29 is 22.3 Å². The largest absolute Gasteiger partial charge is 0.497 e. The fraction of sp³-hybridized carbons (Fsp3) is 0.167. The third-order valence-corrected chi connectivity index (χ3v) is 6.93. The van der Waals surface area contributed by atoms with Gasteiger partial charge in [-0.2, -0.15) is 0 Å². The minimum Gasteiger partial charge on any atom is -0.497 e. The highest BCUT2D eigenvalue weighted by atomic mass is 32.2. The zero-order chi connectivity index (χ0) is 25.5. The standard InChI is InChI=1S/C24H22FN3O6S/c1-14-11-17(9-10-18(14)25)35(31,32)26-19-12-20-21(28(3)24(30)23(29)27(20)2)13-22(19)34-16-7-5-15(33-4)6-8-16/h5-13,26H,1-4H3. The van der Waals surface area contributed by atoms with Gasteiger partial charge < -0.3 is 18.6 Å². The van der Waals surface area contributed by atoms with Crippen molar-refractivity contribution in [1.82, 2.24) is 9.13 Å². The van der Waals surface area contributed by atoms with E-state index in [0.717, 1.165) is 16.7 Å². The lowest BCUT2D eigenvalue weighted by Gasteiger charge is -2.17. The third-order valence-electron chi connectivity index (χ3n) is 5.56. The van der Waals surface area contributed by atoms with Crippen molar-refractivity contribution in [3.05, 3.63) is 86.7 Å². The summed E-state index contributed by atoms with van der Waals surface area (Å²) >= 11 is 0. The fourth-order valence-electron chi connectivity index (χ4n) is 3.52. The first-order valence-electron chi connectivity index (χ1n) is 10.4. The van der Waals surface area contributed by atoms with E-state index in [-0.39, 0.29) is 21.9 Å². The zero-order valence-corrected chi connectivity index (χ0v) is 20.1. The molecule has 0 amide bonds. The topological polar surface area (TPSA) is 109 Å². The Balaban J connectivity index is 1.90. The number of nitrogens with one attached hydrogen (secondary N) is 1. The Bertz CT molecular complexity index is 1680. The zero-order valence-electron chi connectivity index (χ0n) is 19.3. The number of fused-ring (bicyclic) bond motifs is 1. The average Bonchev–Trinajstić information content (AvgIpc) is 2.84. The van der Waals surface area contributed by atoms with Gasteiger partial charge in [0.1, 0.15) is 17.3 Å². The Kier molecular flexibility index (Phi) is 6.12. The van der Waals surface area contributed by atoms with Crippen molar-refractivity contribution in [2.24, 2.45) is 14.1 Å². The molecule has 0 saturated carbocycles.